The van der Waals surface area contributed by atoms with Crippen LogP contribution in [0.3, 0.4) is 0 Å². The second-order valence-electron chi connectivity index (χ2n) is 5.41. The molecule has 1 aromatic rings. The van der Waals surface area contributed by atoms with Crippen LogP contribution >= 0.6 is 0 Å². The van der Waals surface area contributed by atoms with E-state index in [4.69, 9.17) is 0 Å². The Bertz CT molecular complexity index is 422. The first-order chi connectivity index (χ1) is 9.70. The van der Waals surface area contributed by atoms with Crippen molar-refractivity contribution in [2.24, 2.45) is 0 Å². The number of hydrogen-bond acceptors (Lipinski definition) is 3. The SMILES string of the molecule is CC[C@H](C(=O)O)N1CCCN(Cc2ccccc2)CC1. The van der Waals surface area contributed by atoms with Gasteiger partial charge in [0, 0.05) is 26.2 Å². The fourth-order valence-electron chi connectivity index (χ4n) is 2.89. The van der Waals surface area contributed by atoms with Crippen molar-refractivity contribution in [1.29, 1.82) is 0 Å². The van der Waals surface area contributed by atoms with Gasteiger partial charge in [-0.15, -0.1) is 0 Å². The first-order valence-corrected chi connectivity index (χ1v) is 7.44. The highest BCUT2D eigenvalue weighted by molar-refractivity contribution is 5.73. The lowest BCUT2D eigenvalue weighted by molar-refractivity contribution is -0.143. The summed E-state index contributed by atoms with van der Waals surface area (Å²) >= 11 is 0. The number of rotatable bonds is 5. The van der Waals surface area contributed by atoms with Crippen molar-refractivity contribution in [2.75, 3.05) is 26.2 Å². The molecule has 1 aromatic carbocycles. The molecule has 0 unspecified atom stereocenters. The maximum atomic E-state index is 11.3. The molecule has 0 radical (unpaired) electrons. The second kappa shape index (κ2) is 7.41. The third kappa shape index (κ3) is 4.05. The summed E-state index contributed by atoms with van der Waals surface area (Å²) in [5.74, 6) is -0.691. The first-order valence-electron chi connectivity index (χ1n) is 7.44. The lowest BCUT2D eigenvalue weighted by Gasteiger charge is -2.26. The zero-order valence-electron chi connectivity index (χ0n) is 12.2. The van der Waals surface area contributed by atoms with E-state index in [9.17, 15) is 9.90 Å². The summed E-state index contributed by atoms with van der Waals surface area (Å²) in [5, 5.41) is 9.26. The van der Waals surface area contributed by atoms with Gasteiger partial charge in [-0.2, -0.15) is 0 Å². The van der Waals surface area contributed by atoms with E-state index >= 15 is 0 Å². The van der Waals surface area contributed by atoms with E-state index in [-0.39, 0.29) is 6.04 Å². The Morgan fingerprint density at radius 3 is 2.60 bits per heavy atom. The fourth-order valence-corrected chi connectivity index (χ4v) is 2.89. The van der Waals surface area contributed by atoms with Crippen molar-refractivity contribution in [3.63, 3.8) is 0 Å². The van der Waals surface area contributed by atoms with Crippen LogP contribution in [-0.2, 0) is 11.3 Å². The van der Waals surface area contributed by atoms with E-state index in [1.807, 2.05) is 13.0 Å². The minimum atomic E-state index is -0.691. The molecule has 0 aliphatic carbocycles. The normalized spacial score (nSPS) is 19.4. The van der Waals surface area contributed by atoms with Crippen LogP contribution in [0, 0.1) is 0 Å². The van der Waals surface area contributed by atoms with Crippen molar-refractivity contribution in [3.8, 4) is 0 Å². The van der Waals surface area contributed by atoms with E-state index in [2.05, 4.69) is 34.1 Å². The van der Waals surface area contributed by atoms with Gasteiger partial charge >= 0.3 is 5.97 Å². The molecule has 0 aromatic heterocycles. The maximum Gasteiger partial charge on any atom is 0.320 e. The lowest BCUT2D eigenvalue weighted by Crippen LogP contribution is -2.42. The molecule has 1 aliphatic heterocycles. The van der Waals surface area contributed by atoms with Gasteiger partial charge in [0.05, 0.1) is 0 Å². The standard InChI is InChI=1S/C16H24N2O2/c1-2-15(16(19)20)18-10-6-9-17(11-12-18)13-14-7-4-3-5-8-14/h3-5,7-8,15H,2,6,9-13H2,1H3,(H,19,20)/t15-/m1/s1. The lowest BCUT2D eigenvalue weighted by atomic mass is 10.2. The average Bonchev–Trinajstić information content (AvgIpc) is 2.66. The summed E-state index contributed by atoms with van der Waals surface area (Å²) in [5.41, 5.74) is 1.33. The van der Waals surface area contributed by atoms with Crippen LogP contribution in [0.2, 0.25) is 0 Å². The number of carboxylic acid groups (broad SMARTS) is 1. The molecule has 4 nitrogen and oxygen atoms in total. The van der Waals surface area contributed by atoms with Crippen molar-refractivity contribution in [3.05, 3.63) is 35.9 Å². The van der Waals surface area contributed by atoms with Crippen LogP contribution in [0.25, 0.3) is 0 Å². The Labute approximate surface area is 121 Å². The van der Waals surface area contributed by atoms with Gasteiger partial charge in [-0.1, -0.05) is 37.3 Å². The molecule has 110 valence electrons. The maximum absolute atomic E-state index is 11.3. The molecule has 0 saturated carbocycles. The topological polar surface area (TPSA) is 43.8 Å². The van der Waals surface area contributed by atoms with Gasteiger partial charge < -0.3 is 5.11 Å². The van der Waals surface area contributed by atoms with Crippen LogP contribution in [0.15, 0.2) is 30.3 Å². The van der Waals surface area contributed by atoms with Crippen LogP contribution in [0.4, 0.5) is 0 Å². The Kier molecular flexibility index (Phi) is 5.56. The Morgan fingerprint density at radius 2 is 1.95 bits per heavy atom. The average molecular weight is 276 g/mol. The molecule has 0 spiro atoms. The van der Waals surface area contributed by atoms with E-state index in [1.165, 1.54) is 5.56 Å². The summed E-state index contributed by atoms with van der Waals surface area (Å²) in [6, 6.07) is 10.1. The molecule has 20 heavy (non-hydrogen) atoms. The fraction of sp³-hybridized carbons (Fsp3) is 0.562. The third-order valence-corrected chi connectivity index (χ3v) is 3.98. The highest BCUT2D eigenvalue weighted by Crippen LogP contribution is 2.12. The number of benzene rings is 1. The Balaban J connectivity index is 1.90. The van der Waals surface area contributed by atoms with Crippen molar-refractivity contribution >= 4 is 5.97 Å². The smallest absolute Gasteiger partial charge is 0.320 e. The number of hydrogen-bond donors (Lipinski definition) is 1. The molecular formula is C16H24N2O2. The zero-order chi connectivity index (χ0) is 14.4. The molecule has 0 bridgehead atoms. The third-order valence-electron chi connectivity index (χ3n) is 3.98. The van der Waals surface area contributed by atoms with E-state index < -0.39 is 5.97 Å². The monoisotopic (exact) mass is 276 g/mol. The van der Waals surface area contributed by atoms with Crippen molar-refractivity contribution in [1.82, 2.24) is 9.80 Å². The van der Waals surface area contributed by atoms with Gasteiger partial charge in [0.15, 0.2) is 0 Å². The molecule has 1 fully saturated rings. The number of aliphatic carboxylic acids is 1. The van der Waals surface area contributed by atoms with Gasteiger partial charge in [-0.3, -0.25) is 14.6 Å². The molecule has 1 heterocycles. The molecule has 1 N–H and O–H groups in total. The summed E-state index contributed by atoms with van der Waals surface area (Å²) in [4.78, 5) is 15.8. The van der Waals surface area contributed by atoms with Gasteiger partial charge in [0.1, 0.15) is 6.04 Å². The van der Waals surface area contributed by atoms with Gasteiger partial charge in [-0.05, 0) is 24.9 Å². The second-order valence-corrected chi connectivity index (χ2v) is 5.41. The van der Waals surface area contributed by atoms with Crippen molar-refractivity contribution < 1.29 is 9.90 Å². The summed E-state index contributed by atoms with van der Waals surface area (Å²) in [6.45, 7) is 6.62. The number of carbonyl (C=O) groups is 1. The van der Waals surface area contributed by atoms with E-state index in [1.54, 1.807) is 0 Å². The summed E-state index contributed by atoms with van der Waals surface area (Å²) in [7, 11) is 0. The van der Waals surface area contributed by atoms with Gasteiger partial charge in [0.25, 0.3) is 0 Å². The van der Waals surface area contributed by atoms with Gasteiger partial charge in [-0.25, -0.2) is 0 Å². The quantitative estimate of drug-likeness (QED) is 0.894. The molecule has 1 atom stereocenters. The van der Waals surface area contributed by atoms with Gasteiger partial charge in [0.2, 0.25) is 0 Å². The molecule has 1 aliphatic rings. The van der Waals surface area contributed by atoms with E-state index in [0.29, 0.717) is 6.42 Å². The predicted molar refractivity (Wildman–Crippen MR) is 79.6 cm³/mol. The van der Waals surface area contributed by atoms with E-state index in [0.717, 1.165) is 39.1 Å². The minimum absolute atomic E-state index is 0.327. The predicted octanol–water partition coefficient (Wildman–Crippen LogP) is 2.06. The van der Waals surface area contributed by atoms with Crippen LogP contribution in [0.1, 0.15) is 25.3 Å². The Morgan fingerprint density at radius 1 is 1.20 bits per heavy atom. The minimum Gasteiger partial charge on any atom is -0.480 e. The molecule has 1 saturated heterocycles. The van der Waals surface area contributed by atoms with Crippen LogP contribution < -0.4 is 0 Å². The Hall–Kier alpha value is -1.39. The summed E-state index contributed by atoms with van der Waals surface area (Å²) < 4.78 is 0. The number of nitrogens with zero attached hydrogens (tertiary/aromatic N) is 2. The summed E-state index contributed by atoms with van der Waals surface area (Å²) in [6.07, 6.45) is 1.71. The highest BCUT2D eigenvalue weighted by Gasteiger charge is 2.25. The molecule has 2 rings (SSSR count). The zero-order valence-corrected chi connectivity index (χ0v) is 12.2. The van der Waals surface area contributed by atoms with Crippen LogP contribution in [0.5, 0.6) is 0 Å². The molecule has 0 amide bonds. The van der Waals surface area contributed by atoms with Crippen molar-refractivity contribution in [2.45, 2.75) is 32.4 Å². The molecular weight excluding hydrogens is 252 g/mol. The first kappa shape index (κ1) is 15.0. The van der Waals surface area contributed by atoms with Crippen LogP contribution in [-0.4, -0.2) is 53.1 Å². The highest BCUT2D eigenvalue weighted by atomic mass is 16.4. The molecule has 4 heteroatoms. The number of carboxylic acids is 1. The largest absolute Gasteiger partial charge is 0.480 e.